The SMILES string of the molecule is COC(=O)C(COc1ccccc1F)c1cccc(O)c1. The van der Waals surface area contributed by atoms with Crippen LogP contribution >= 0.6 is 0 Å². The van der Waals surface area contributed by atoms with E-state index in [1.165, 1.54) is 31.4 Å². The van der Waals surface area contributed by atoms with Crippen LogP contribution in [0.2, 0.25) is 0 Å². The zero-order chi connectivity index (χ0) is 15.2. The molecule has 0 heterocycles. The molecule has 1 unspecified atom stereocenters. The van der Waals surface area contributed by atoms with Gasteiger partial charge in [0.1, 0.15) is 18.3 Å². The molecule has 2 aromatic rings. The molecule has 1 N–H and O–H groups in total. The Labute approximate surface area is 121 Å². The van der Waals surface area contributed by atoms with E-state index in [1.54, 1.807) is 24.3 Å². The molecule has 0 aromatic heterocycles. The topological polar surface area (TPSA) is 55.8 Å². The van der Waals surface area contributed by atoms with E-state index in [-0.39, 0.29) is 18.1 Å². The van der Waals surface area contributed by atoms with Gasteiger partial charge in [-0.3, -0.25) is 4.79 Å². The minimum Gasteiger partial charge on any atom is -0.508 e. The Morgan fingerprint density at radius 3 is 2.67 bits per heavy atom. The van der Waals surface area contributed by atoms with Crippen molar-refractivity contribution in [1.29, 1.82) is 0 Å². The van der Waals surface area contributed by atoms with Gasteiger partial charge in [-0.1, -0.05) is 24.3 Å². The number of methoxy groups -OCH3 is 1. The fraction of sp³-hybridized carbons (Fsp3) is 0.188. The summed E-state index contributed by atoms with van der Waals surface area (Å²) >= 11 is 0. The lowest BCUT2D eigenvalue weighted by Crippen LogP contribution is -2.21. The smallest absolute Gasteiger partial charge is 0.316 e. The number of para-hydroxylation sites is 1. The Bertz CT molecular complexity index is 627. The summed E-state index contributed by atoms with van der Waals surface area (Å²) in [6.07, 6.45) is 0. The van der Waals surface area contributed by atoms with Crippen LogP contribution in [0.4, 0.5) is 4.39 Å². The minimum absolute atomic E-state index is 0.0345. The third-order valence-electron chi connectivity index (χ3n) is 3.00. The highest BCUT2D eigenvalue weighted by Gasteiger charge is 2.23. The third-order valence-corrected chi connectivity index (χ3v) is 3.00. The highest BCUT2D eigenvalue weighted by Crippen LogP contribution is 2.24. The van der Waals surface area contributed by atoms with Gasteiger partial charge in [0, 0.05) is 0 Å². The van der Waals surface area contributed by atoms with Gasteiger partial charge in [-0.2, -0.15) is 0 Å². The zero-order valence-corrected chi connectivity index (χ0v) is 11.5. The molecule has 5 heteroatoms. The molecule has 2 aromatic carbocycles. The molecule has 0 fully saturated rings. The zero-order valence-electron chi connectivity index (χ0n) is 11.5. The number of aromatic hydroxyl groups is 1. The molecule has 0 aliphatic carbocycles. The van der Waals surface area contributed by atoms with Gasteiger partial charge in [0.25, 0.3) is 0 Å². The monoisotopic (exact) mass is 290 g/mol. The molecule has 1 atom stereocenters. The summed E-state index contributed by atoms with van der Waals surface area (Å²) in [5.74, 6) is -1.67. The second kappa shape index (κ2) is 6.74. The van der Waals surface area contributed by atoms with E-state index in [0.29, 0.717) is 5.56 Å². The number of phenols is 1. The summed E-state index contributed by atoms with van der Waals surface area (Å²) in [5.41, 5.74) is 0.540. The van der Waals surface area contributed by atoms with Crippen LogP contribution in [0.3, 0.4) is 0 Å². The Morgan fingerprint density at radius 2 is 2.00 bits per heavy atom. The molecule has 21 heavy (non-hydrogen) atoms. The first-order chi connectivity index (χ1) is 10.1. The molecule has 0 saturated heterocycles. The maximum absolute atomic E-state index is 13.5. The van der Waals surface area contributed by atoms with Crippen LogP contribution < -0.4 is 4.74 Å². The van der Waals surface area contributed by atoms with Crippen molar-refractivity contribution < 1.29 is 23.8 Å². The van der Waals surface area contributed by atoms with E-state index >= 15 is 0 Å². The van der Waals surface area contributed by atoms with E-state index in [2.05, 4.69) is 0 Å². The molecule has 0 amide bonds. The van der Waals surface area contributed by atoms with Gasteiger partial charge in [-0.15, -0.1) is 0 Å². The minimum atomic E-state index is -0.748. The van der Waals surface area contributed by atoms with E-state index in [9.17, 15) is 14.3 Å². The number of halogens is 1. The predicted octanol–water partition coefficient (Wildman–Crippen LogP) is 2.87. The van der Waals surface area contributed by atoms with Crippen LogP contribution in [0, 0.1) is 5.82 Å². The van der Waals surface area contributed by atoms with Crippen molar-refractivity contribution in [3.05, 3.63) is 59.9 Å². The molecule has 2 rings (SSSR count). The Kier molecular flexibility index (Phi) is 4.77. The van der Waals surface area contributed by atoms with E-state index in [1.807, 2.05) is 0 Å². The largest absolute Gasteiger partial charge is 0.508 e. The molecular weight excluding hydrogens is 275 g/mol. The summed E-state index contributed by atoms with van der Waals surface area (Å²) < 4.78 is 23.6. The van der Waals surface area contributed by atoms with Crippen molar-refractivity contribution in [3.63, 3.8) is 0 Å². The second-order valence-electron chi connectivity index (χ2n) is 4.41. The summed E-state index contributed by atoms with van der Waals surface area (Å²) in [6.45, 7) is -0.0862. The standard InChI is InChI=1S/C16H15FO4/c1-20-16(19)13(11-5-4-6-12(18)9-11)10-21-15-8-3-2-7-14(15)17/h2-9,13,18H,10H2,1H3. The van der Waals surface area contributed by atoms with Crippen LogP contribution in [0.1, 0.15) is 11.5 Å². The summed E-state index contributed by atoms with van der Waals surface area (Å²) in [7, 11) is 1.27. The first-order valence-corrected chi connectivity index (χ1v) is 6.36. The number of hydrogen-bond acceptors (Lipinski definition) is 4. The van der Waals surface area contributed by atoms with Gasteiger partial charge in [0.2, 0.25) is 0 Å². The number of rotatable bonds is 5. The van der Waals surface area contributed by atoms with Crippen LogP contribution in [-0.4, -0.2) is 24.8 Å². The van der Waals surface area contributed by atoms with Gasteiger partial charge < -0.3 is 14.6 Å². The number of hydrogen-bond donors (Lipinski definition) is 1. The van der Waals surface area contributed by atoms with Crippen LogP contribution in [0.15, 0.2) is 48.5 Å². The number of phenolic OH excluding ortho intramolecular Hbond substituents is 1. The number of ether oxygens (including phenoxy) is 2. The van der Waals surface area contributed by atoms with Gasteiger partial charge in [-0.25, -0.2) is 4.39 Å². The highest BCUT2D eigenvalue weighted by atomic mass is 19.1. The van der Waals surface area contributed by atoms with E-state index in [0.717, 1.165) is 0 Å². The molecule has 0 aliphatic heterocycles. The summed E-state index contributed by atoms with van der Waals surface area (Å²) in [6, 6.07) is 12.2. The molecule has 110 valence electrons. The first-order valence-electron chi connectivity index (χ1n) is 6.36. The maximum Gasteiger partial charge on any atom is 0.316 e. The fourth-order valence-corrected chi connectivity index (χ4v) is 1.92. The lowest BCUT2D eigenvalue weighted by molar-refractivity contribution is -0.143. The van der Waals surface area contributed by atoms with Crippen molar-refractivity contribution in [2.24, 2.45) is 0 Å². The third kappa shape index (κ3) is 3.72. The highest BCUT2D eigenvalue weighted by molar-refractivity contribution is 5.78. The molecule has 0 aliphatic rings. The number of carbonyl (C=O) groups excluding carboxylic acids is 1. The predicted molar refractivity (Wildman–Crippen MR) is 74.8 cm³/mol. The van der Waals surface area contributed by atoms with Crippen molar-refractivity contribution in [1.82, 2.24) is 0 Å². The van der Waals surface area contributed by atoms with Gasteiger partial charge in [0.15, 0.2) is 11.6 Å². The van der Waals surface area contributed by atoms with Gasteiger partial charge in [-0.05, 0) is 29.8 Å². The lowest BCUT2D eigenvalue weighted by atomic mass is 10.00. The normalized spacial score (nSPS) is 11.7. The maximum atomic E-state index is 13.5. The van der Waals surface area contributed by atoms with Crippen molar-refractivity contribution in [2.75, 3.05) is 13.7 Å². The number of carbonyl (C=O) groups is 1. The average Bonchev–Trinajstić information content (AvgIpc) is 2.49. The van der Waals surface area contributed by atoms with Crippen LogP contribution in [0.25, 0.3) is 0 Å². The summed E-state index contributed by atoms with van der Waals surface area (Å²) in [4.78, 5) is 11.9. The van der Waals surface area contributed by atoms with Crippen molar-refractivity contribution in [3.8, 4) is 11.5 Å². The molecular formula is C16H15FO4. The Morgan fingerprint density at radius 1 is 1.24 bits per heavy atom. The lowest BCUT2D eigenvalue weighted by Gasteiger charge is -2.16. The van der Waals surface area contributed by atoms with Crippen molar-refractivity contribution >= 4 is 5.97 Å². The number of benzene rings is 2. The molecule has 0 saturated carbocycles. The fourth-order valence-electron chi connectivity index (χ4n) is 1.92. The molecule has 0 bridgehead atoms. The average molecular weight is 290 g/mol. The van der Waals surface area contributed by atoms with Crippen molar-refractivity contribution in [2.45, 2.75) is 5.92 Å². The summed E-state index contributed by atoms with van der Waals surface area (Å²) in [5, 5.41) is 9.49. The van der Waals surface area contributed by atoms with Gasteiger partial charge >= 0.3 is 5.97 Å². The second-order valence-corrected chi connectivity index (χ2v) is 4.41. The molecule has 0 spiro atoms. The first kappa shape index (κ1) is 14.8. The van der Waals surface area contributed by atoms with E-state index < -0.39 is 17.7 Å². The molecule has 4 nitrogen and oxygen atoms in total. The Balaban J connectivity index is 2.18. The molecule has 0 radical (unpaired) electrons. The van der Waals surface area contributed by atoms with Gasteiger partial charge in [0.05, 0.1) is 7.11 Å². The van der Waals surface area contributed by atoms with Crippen LogP contribution in [0.5, 0.6) is 11.5 Å². The number of esters is 1. The van der Waals surface area contributed by atoms with Crippen LogP contribution in [-0.2, 0) is 9.53 Å². The quantitative estimate of drug-likeness (QED) is 0.860. The van der Waals surface area contributed by atoms with E-state index in [4.69, 9.17) is 9.47 Å². The Hall–Kier alpha value is -2.56.